The van der Waals surface area contributed by atoms with E-state index < -0.39 is 0 Å². The highest BCUT2D eigenvalue weighted by Gasteiger charge is 2.12. The van der Waals surface area contributed by atoms with Gasteiger partial charge in [-0.25, -0.2) is 0 Å². The van der Waals surface area contributed by atoms with Crippen LogP contribution in [0.2, 0.25) is 5.02 Å². The van der Waals surface area contributed by atoms with E-state index in [2.05, 4.69) is 5.32 Å². The van der Waals surface area contributed by atoms with Gasteiger partial charge >= 0.3 is 0 Å². The van der Waals surface area contributed by atoms with Gasteiger partial charge in [0.15, 0.2) is 0 Å². The third kappa shape index (κ3) is 5.38. The van der Waals surface area contributed by atoms with Crippen molar-refractivity contribution in [2.24, 2.45) is 0 Å². The number of rotatable bonds is 8. The summed E-state index contributed by atoms with van der Waals surface area (Å²) in [7, 11) is 1.54. The van der Waals surface area contributed by atoms with E-state index in [1.807, 2.05) is 20.8 Å². The molecule has 0 aliphatic heterocycles. The summed E-state index contributed by atoms with van der Waals surface area (Å²) in [6.07, 6.45) is 0.0865. The molecule has 0 heterocycles. The first-order valence-electron chi connectivity index (χ1n) is 8.46. The molecule has 0 saturated carbocycles. The lowest BCUT2D eigenvalue weighted by Gasteiger charge is -2.14. The van der Waals surface area contributed by atoms with Gasteiger partial charge in [-0.3, -0.25) is 4.79 Å². The monoisotopic (exact) mass is 377 g/mol. The first kappa shape index (κ1) is 20.1. The van der Waals surface area contributed by atoms with E-state index in [9.17, 15) is 4.79 Å². The number of methoxy groups -OCH3 is 1. The van der Waals surface area contributed by atoms with Gasteiger partial charge in [0.2, 0.25) is 0 Å². The third-order valence-electron chi connectivity index (χ3n) is 3.60. The molecule has 0 atom stereocenters. The van der Waals surface area contributed by atoms with Crippen molar-refractivity contribution in [1.82, 2.24) is 0 Å². The molecule has 0 radical (unpaired) electrons. The summed E-state index contributed by atoms with van der Waals surface area (Å²) in [6, 6.07) is 10.4. The van der Waals surface area contributed by atoms with E-state index >= 15 is 0 Å². The van der Waals surface area contributed by atoms with Crippen molar-refractivity contribution in [2.45, 2.75) is 33.5 Å². The largest absolute Gasteiger partial charge is 0.495 e. The molecule has 0 aliphatic carbocycles. The van der Waals surface area contributed by atoms with Crippen molar-refractivity contribution < 1.29 is 19.0 Å². The molecular formula is C20H24ClNO4. The Hall–Kier alpha value is -2.24. The lowest BCUT2D eigenvalue weighted by Crippen LogP contribution is -2.13. The van der Waals surface area contributed by atoms with Crippen LogP contribution in [0.4, 0.5) is 5.69 Å². The van der Waals surface area contributed by atoms with Crippen LogP contribution in [0.1, 0.15) is 36.7 Å². The number of ether oxygens (including phenoxy) is 3. The van der Waals surface area contributed by atoms with Crippen LogP contribution in [0.15, 0.2) is 36.4 Å². The molecule has 0 saturated heterocycles. The maximum absolute atomic E-state index is 12.6. The zero-order valence-corrected chi connectivity index (χ0v) is 16.2. The van der Waals surface area contributed by atoms with Crippen LogP contribution in [0.5, 0.6) is 11.5 Å². The molecule has 0 aromatic heterocycles. The van der Waals surface area contributed by atoms with Gasteiger partial charge < -0.3 is 19.5 Å². The first-order chi connectivity index (χ1) is 12.4. The Morgan fingerprint density at radius 3 is 2.50 bits per heavy atom. The van der Waals surface area contributed by atoms with E-state index in [0.717, 1.165) is 11.3 Å². The van der Waals surface area contributed by atoms with Crippen molar-refractivity contribution in [1.29, 1.82) is 0 Å². The minimum absolute atomic E-state index is 0.0865. The molecule has 0 unspecified atom stereocenters. The molecular weight excluding hydrogens is 354 g/mol. The predicted octanol–water partition coefficient (Wildman–Crippen LogP) is 4.92. The Kier molecular flexibility index (Phi) is 7.30. The number of benzene rings is 2. The van der Waals surface area contributed by atoms with Crippen LogP contribution in [0.3, 0.4) is 0 Å². The fraction of sp³-hybridized carbons (Fsp3) is 0.350. The van der Waals surface area contributed by atoms with Gasteiger partial charge in [-0.1, -0.05) is 11.6 Å². The molecule has 2 aromatic rings. The molecule has 26 heavy (non-hydrogen) atoms. The van der Waals surface area contributed by atoms with Crippen LogP contribution >= 0.6 is 11.6 Å². The molecule has 0 aliphatic rings. The second kappa shape index (κ2) is 9.46. The molecule has 0 spiro atoms. The molecule has 1 amide bonds. The van der Waals surface area contributed by atoms with Crippen LogP contribution in [-0.4, -0.2) is 25.7 Å². The second-order valence-electron chi connectivity index (χ2n) is 5.92. The lowest BCUT2D eigenvalue weighted by molar-refractivity contribution is 0.0641. The van der Waals surface area contributed by atoms with Crippen LogP contribution < -0.4 is 14.8 Å². The second-order valence-corrected chi connectivity index (χ2v) is 6.33. The quantitative estimate of drug-likeness (QED) is 0.709. The summed E-state index contributed by atoms with van der Waals surface area (Å²) in [5, 5.41) is 3.27. The number of amides is 1. The summed E-state index contributed by atoms with van der Waals surface area (Å²) in [4.78, 5) is 12.6. The Morgan fingerprint density at radius 2 is 1.88 bits per heavy atom. The Bertz CT molecular complexity index is 761. The van der Waals surface area contributed by atoms with Crippen molar-refractivity contribution in [3.63, 3.8) is 0 Å². The van der Waals surface area contributed by atoms with Crippen molar-refractivity contribution in [2.75, 3.05) is 19.0 Å². The minimum atomic E-state index is -0.236. The number of hydrogen-bond donors (Lipinski definition) is 1. The van der Waals surface area contributed by atoms with Crippen LogP contribution in [0.25, 0.3) is 0 Å². The standard InChI is InChI=1S/C20H24ClNO4/c1-5-25-18-8-6-14(10-15(18)12-26-13(2)3)20(23)22-16-7-9-19(24-4)17(21)11-16/h6-11,13H,5,12H2,1-4H3,(H,22,23). The molecule has 0 fully saturated rings. The fourth-order valence-corrected chi connectivity index (χ4v) is 2.59. The number of anilines is 1. The maximum Gasteiger partial charge on any atom is 0.255 e. The van der Waals surface area contributed by atoms with Gasteiger partial charge in [0.05, 0.1) is 31.5 Å². The molecule has 140 valence electrons. The van der Waals surface area contributed by atoms with E-state index in [0.29, 0.717) is 35.2 Å². The number of hydrogen-bond acceptors (Lipinski definition) is 4. The molecule has 0 bridgehead atoms. The van der Waals surface area contributed by atoms with Crippen molar-refractivity contribution in [3.05, 3.63) is 52.5 Å². The zero-order valence-electron chi connectivity index (χ0n) is 15.5. The highest BCUT2D eigenvalue weighted by molar-refractivity contribution is 6.32. The van der Waals surface area contributed by atoms with Gasteiger partial charge in [0.25, 0.3) is 5.91 Å². The molecule has 2 aromatic carbocycles. The summed E-state index contributed by atoms with van der Waals surface area (Å²) >= 11 is 6.10. The van der Waals surface area contributed by atoms with Crippen LogP contribution in [-0.2, 0) is 11.3 Å². The van der Waals surface area contributed by atoms with Gasteiger partial charge in [-0.15, -0.1) is 0 Å². The lowest BCUT2D eigenvalue weighted by atomic mass is 10.1. The van der Waals surface area contributed by atoms with E-state index in [1.54, 1.807) is 43.5 Å². The summed E-state index contributed by atoms with van der Waals surface area (Å²) in [6.45, 7) is 6.77. The topological polar surface area (TPSA) is 56.8 Å². The van der Waals surface area contributed by atoms with E-state index in [-0.39, 0.29) is 12.0 Å². The maximum atomic E-state index is 12.6. The normalized spacial score (nSPS) is 10.7. The van der Waals surface area contributed by atoms with Gasteiger partial charge in [0.1, 0.15) is 11.5 Å². The van der Waals surface area contributed by atoms with Gasteiger partial charge in [0, 0.05) is 16.8 Å². The Balaban J connectivity index is 2.19. The Morgan fingerprint density at radius 1 is 1.15 bits per heavy atom. The highest BCUT2D eigenvalue weighted by Crippen LogP contribution is 2.28. The summed E-state index contributed by atoms with van der Waals surface area (Å²) in [5.74, 6) is 1.04. The van der Waals surface area contributed by atoms with Crippen molar-refractivity contribution in [3.8, 4) is 11.5 Å². The SMILES string of the molecule is CCOc1ccc(C(=O)Nc2ccc(OC)c(Cl)c2)cc1COC(C)C. The van der Waals surface area contributed by atoms with Crippen LogP contribution in [0, 0.1) is 0 Å². The number of carbonyl (C=O) groups excluding carboxylic acids is 1. The third-order valence-corrected chi connectivity index (χ3v) is 3.90. The van der Waals surface area contributed by atoms with Gasteiger partial charge in [-0.2, -0.15) is 0 Å². The molecule has 5 nitrogen and oxygen atoms in total. The first-order valence-corrected chi connectivity index (χ1v) is 8.84. The predicted molar refractivity (Wildman–Crippen MR) is 103 cm³/mol. The van der Waals surface area contributed by atoms with Gasteiger partial charge in [-0.05, 0) is 57.2 Å². The minimum Gasteiger partial charge on any atom is -0.495 e. The van der Waals surface area contributed by atoms with E-state index in [4.69, 9.17) is 25.8 Å². The average Bonchev–Trinajstić information content (AvgIpc) is 2.61. The molecule has 1 N–H and O–H groups in total. The summed E-state index contributed by atoms with van der Waals surface area (Å²) < 4.78 is 16.4. The van der Waals surface area contributed by atoms with Crippen molar-refractivity contribution >= 4 is 23.2 Å². The number of carbonyl (C=O) groups is 1. The number of halogens is 1. The smallest absolute Gasteiger partial charge is 0.255 e. The number of nitrogens with one attached hydrogen (secondary N) is 1. The molecule has 6 heteroatoms. The fourth-order valence-electron chi connectivity index (χ4n) is 2.33. The Labute approximate surface area is 159 Å². The highest BCUT2D eigenvalue weighted by atomic mass is 35.5. The zero-order chi connectivity index (χ0) is 19.1. The summed E-state index contributed by atoms with van der Waals surface area (Å²) in [5.41, 5.74) is 1.94. The molecule has 2 rings (SSSR count). The van der Waals surface area contributed by atoms with E-state index in [1.165, 1.54) is 0 Å². The average molecular weight is 378 g/mol.